The second kappa shape index (κ2) is 7.67. The van der Waals surface area contributed by atoms with Gasteiger partial charge in [0.05, 0.1) is 0 Å². The van der Waals surface area contributed by atoms with Gasteiger partial charge in [0.1, 0.15) is 41.0 Å². The largest absolute Gasteiger partial charge is 0.359 e. The highest BCUT2D eigenvalue weighted by atomic mass is 19.1. The number of aromatic nitrogens is 3. The molecule has 2 aromatic carbocycles. The van der Waals surface area contributed by atoms with Gasteiger partial charge in [0.25, 0.3) is 0 Å². The molecule has 0 radical (unpaired) electrons. The van der Waals surface area contributed by atoms with Crippen molar-refractivity contribution in [2.24, 2.45) is 0 Å². The normalized spacial score (nSPS) is 10.9. The second-order valence-electron chi connectivity index (χ2n) is 5.77. The minimum atomic E-state index is -1.19. The molecule has 1 amide bonds. The fraction of sp³-hybridized carbons (Fsp3) is 0.167. The van der Waals surface area contributed by atoms with Gasteiger partial charge in [-0.15, -0.1) is 9.78 Å². The fourth-order valence-electron chi connectivity index (χ4n) is 2.70. The van der Waals surface area contributed by atoms with Crippen molar-refractivity contribution in [1.82, 2.24) is 14.3 Å². The average molecular weight is 394 g/mol. The smallest absolute Gasteiger partial charge is 0.287 e. The predicted molar refractivity (Wildman–Crippen MR) is 92.5 cm³/mol. The number of rotatable bonds is 4. The molecule has 0 aliphatic rings. The van der Waals surface area contributed by atoms with Gasteiger partial charge in [0.2, 0.25) is 0 Å². The summed E-state index contributed by atoms with van der Waals surface area (Å²) in [5, 5.41) is 3.56. The molecule has 0 fully saturated rings. The van der Waals surface area contributed by atoms with Crippen LogP contribution in [-0.4, -0.2) is 26.9 Å². The Morgan fingerprint density at radius 1 is 1.00 bits per heavy atom. The third-order valence-electron chi connectivity index (χ3n) is 3.92. The summed E-state index contributed by atoms with van der Waals surface area (Å²) in [6, 6.07) is 4.87. The van der Waals surface area contributed by atoms with Crippen molar-refractivity contribution < 1.29 is 22.4 Å². The van der Waals surface area contributed by atoms with Crippen molar-refractivity contribution in [3.63, 3.8) is 0 Å². The van der Waals surface area contributed by atoms with E-state index in [-0.39, 0.29) is 11.2 Å². The molecule has 0 aliphatic heterocycles. The lowest BCUT2D eigenvalue weighted by atomic mass is 10.2. The van der Waals surface area contributed by atoms with E-state index in [1.165, 1.54) is 0 Å². The van der Waals surface area contributed by atoms with E-state index in [9.17, 15) is 27.2 Å². The third kappa shape index (κ3) is 3.28. The number of para-hydroxylation sites is 2. The standard InChI is InChI=1S/C18H14F4N4O2/c1-2-9-24(15-11(19)5-3-6-12(15)20)17(27)26-18(28)25(10-23-26)16-13(21)7-4-8-14(16)22/h3-8,10H,2,9H2,1H3. The maximum atomic E-state index is 14.1. The molecular weight excluding hydrogens is 380 g/mol. The van der Waals surface area contributed by atoms with Crippen LogP contribution in [0.15, 0.2) is 47.5 Å². The molecule has 0 saturated carbocycles. The van der Waals surface area contributed by atoms with Gasteiger partial charge >= 0.3 is 11.7 Å². The van der Waals surface area contributed by atoms with Gasteiger partial charge in [-0.2, -0.15) is 0 Å². The minimum Gasteiger partial charge on any atom is -0.287 e. The SMILES string of the molecule is CCCN(C(=O)n1ncn(-c2c(F)cccc2F)c1=O)c1c(F)cccc1F. The van der Waals surface area contributed by atoms with Crippen molar-refractivity contribution in [2.75, 3.05) is 11.4 Å². The quantitative estimate of drug-likeness (QED) is 0.637. The van der Waals surface area contributed by atoms with E-state index in [1.807, 2.05) is 0 Å². The number of carbonyl (C=O) groups is 1. The first kappa shape index (κ1) is 19.3. The zero-order valence-electron chi connectivity index (χ0n) is 14.6. The topological polar surface area (TPSA) is 60.1 Å². The van der Waals surface area contributed by atoms with E-state index in [4.69, 9.17) is 0 Å². The van der Waals surface area contributed by atoms with Crippen LogP contribution in [0.3, 0.4) is 0 Å². The highest BCUT2D eigenvalue weighted by Crippen LogP contribution is 2.24. The van der Waals surface area contributed by atoms with E-state index in [2.05, 4.69) is 5.10 Å². The first-order valence-corrected chi connectivity index (χ1v) is 8.23. The number of nitrogens with zero attached hydrogens (tertiary/aromatic N) is 4. The molecule has 0 saturated heterocycles. The Morgan fingerprint density at radius 2 is 1.54 bits per heavy atom. The van der Waals surface area contributed by atoms with Gasteiger partial charge in [0.15, 0.2) is 0 Å². The van der Waals surface area contributed by atoms with Crippen molar-refractivity contribution in [3.05, 3.63) is 76.5 Å². The second-order valence-corrected chi connectivity index (χ2v) is 5.77. The Labute approximate surface area is 156 Å². The first-order chi connectivity index (χ1) is 13.4. The molecule has 0 spiro atoms. The summed E-state index contributed by atoms with van der Waals surface area (Å²) in [5.74, 6) is -4.09. The maximum absolute atomic E-state index is 14.1. The summed E-state index contributed by atoms with van der Waals surface area (Å²) < 4.78 is 56.9. The molecule has 3 aromatic rings. The summed E-state index contributed by atoms with van der Waals surface area (Å²) in [6.45, 7) is 1.54. The Hall–Kier alpha value is -3.43. The lowest BCUT2D eigenvalue weighted by Gasteiger charge is -2.22. The van der Waals surface area contributed by atoms with Crippen LogP contribution in [0, 0.1) is 23.3 Å². The van der Waals surface area contributed by atoms with Crippen LogP contribution in [0.2, 0.25) is 0 Å². The highest BCUT2D eigenvalue weighted by Gasteiger charge is 2.27. The number of carbonyl (C=O) groups excluding carboxylic acids is 1. The van der Waals surface area contributed by atoms with Crippen LogP contribution in [0.1, 0.15) is 13.3 Å². The van der Waals surface area contributed by atoms with Crippen LogP contribution < -0.4 is 10.6 Å². The zero-order chi connectivity index (χ0) is 20.4. The lowest BCUT2D eigenvalue weighted by Crippen LogP contribution is -2.42. The monoisotopic (exact) mass is 394 g/mol. The lowest BCUT2D eigenvalue weighted by molar-refractivity contribution is 0.243. The summed E-state index contributed by atoms with van der Waals surface area (Å²) in [4.78, 5) is 26.0. The highest BCUT2D eigenvalue weighted by molar-refractivity contribution is 5.93. The molecule has 0 unspecified atom stereocenters. The molecule has 0 bridgehead atoms. The van der Waals surface area contributed by atoms with E-state index < -0.39 is 46.4 Å². The van der Waals surface area contributed by atoms with E-state index in [0.29, 0.717) is 15.9 Å². The Balaban J connectivity index is 2.09. The van der Waals surface area contributed by atoms with Gasteiger partial charge < -0.3 is 0 Å². The van der Waals surface area contributed by atoms with Crippen LogP contribution in [-0.2, 0) is 0 Å². The number of halogens is 4. The van der Waals surface area contributed by atoms with Crippen molar-refractivity contribution >= 4 is 11.7 Å². The average Bonchev–Trinajstić information content (AvgIpc) is 3.01. The minimum absolute atomic E-state index is 0.121. The summed E-state index contributed by atoms with van der Waals surface area (Å²) >= 11 is 0. The fourth-order valence-corrected chi connectivity index (χ4v) is 2.70. The molecule has 28 heavy (non-hydrogen) atoms. The third-order valence-corrected chi connectivity index (χ3v) is 3.92. The molecule has 0 atom stereocenters. The molecule has 1 aromatic heterocycles. The number of hydrogen-bond donors (Lipinski definition) is 0. The molecule has 10 heteroatoms. The van der Waals surface area contributed by atoms with Crippen molar-refractivity contribution in [3.8, 4) is 5.69 Å². The number of hydrogen-bond acceptors (Lipinski definition) is 3. The number of benzene rings is 2. The molecular formula is C18H14F4N4O2. The Morgan fingerprint density at radius 3 is 2.07 bits per heavy atom. The number of anilines is 1. The van der Waals surface area contributed by atoms with Crippen LogP contribution >= 0.6 is 0 Å². The molecule has 0 N–H and O–H groups in total. The van der Waals surface area contributed by atoms with Crippen LogP contribution in [0.4, 0.5) is 28.0 Å². The Kier molecular flexibility index (Phi) is 5.30. The van der Waals surface area contributed by atoms with Gasteiger partial charge in [-0.1, -0.05) is 19.1 Å². The van der Waals surface area contributed by atoms with E-state index >= 15 is 0 Å². The number of amides is 1. The summed E-state index contributed by atoms with van der Waals surface area (Å²) in [6.07, 6.45) is 1.07. The maximum Gasteiger partial charge on any atom is 0.359 e. The van der Waals surface area contributed by atoms with Gasteiger partial charge in [0, 0.05) is 6.54 Å². The molecule has 1 heterocycles. The first-order valence-electron chi connectivity index (χ1n) is 8.23. The molecule has 6 nitrogen and oxygen atoms in total. The van der Waals surface area contributed by atoms with Gasteiger partial charge in [-0.05, 0) is 30.7 Å². The van der Waals surface area contributed by atoms with Gasteiger partial charge in [-0.25, -0.2) is 31.7 Å². The van der Waals surface area contributed by atoms with Crippen molar-refractivity contribution in [2.45, 2.75) is 13.3 Å². The summed E-state index contributed by atoms with van der Waals surface area (Å²) in [7, 11) is 0. The van der Waals surface area contributed by atoms with Gasteiger partial charge in [-0.3, -0.25) is 4.90 Å². The molecule has 3 rings (SSSR count). The summed E-state index contributed by atoms with van der Waals surface area (Å²) in [5.41, 5.74) is -2.55. The zero-order valence-corrected chi connectivity index (χ0v) is 14.6. The van der Waals surface area contributed by atoms with E-state index in [1.54, 1.807) is 6.92 Å². The molecule has 146 valence electrons. The van der Waals surface area contributed by atoms with Crippen LogP contribution in [0.25, 0.3) is 5.69 Å². The predicted octanol–water partition coefficient (Wildman–Crippen LogP) is 3.48. The Bertz CT molecular complexity index is 1050. The van der Waals surface area contributed by atoms with Crippen LogP contribution in [0.5, 0.6) is 0 Å². The van der Waals surface area contributed by atoms with Crippen molar-refractivity contribution in [1.29, 1.82) is 0 Å². The molecule has 0 aliphatic carbocycles. The van der Waals surface area contributed by atoms with E-state index in [0.717, 1.165) is 42.7 Å².